The van der Waals surface area contributed by atoms with Crippen LogP contribution in [-0.2, 0) is 6.54 Å². The predicted molar refractivity (Wildman–Crippen MR) is 84.2 cm³/mol. The maximum atomic E-state index is 13.5. The first-order chi connectivity index (χ1) is 11.6. The van der Waals surface area contributed by atoms with Crippen LogP contribution in [0.15, 0.2) is 42.5 Å². The van der Waals surface area contributed by atoms with Crippen molar-refractivity contribution in [3.63, 3.8) is 0 Å². The number of ether oxygens (including phenoxy) is 2. The third-order valence-corrected chi connectivity index (χ3v) is 3.61. The van der Waals surface area contributed by atoms with E-state index in [4.69, 9.17) is 9.47 Å². The Balaban J connectivity index is 1.47. The van der Waals surface area contributed by atoms with Gasteiger partial charge in [0.2, 0.25) is 6.79 Å². The number of benzene rings is 2. The van der Waals surface area contributed by atoms with Crippen molar-refractivity contribution in [3.05, 3.63) is 59.4 Å². The lowest BCUT2D eigenvalue weighted by Gasteiger charge is -2.13. The molecule has 6 nitrogen and oxygen atoms in total. The van der Waals surface area contributed by atoms with Crippen LogP contribution in [0, 0.1) is 5.82 Å². The number of nitrogens with one attached hydrogen (secondary N) is 2. The van der Waals surface area contributed by atoms with Gasteiger partial charge >= 0.3 is 6.03 Å². The topological polar surface area (TPSA) is 79.8 Å². The molecule has 2 amide bonds. The van der Waals surface area contributed by atoms with Gasteiger partial charge < -0.3 is 25.2 Å². The number of aliphatic hydroxyl groups excluding tert-OH is 1. The van der Waals surface area contributed by atoms with E-state index in [2.05, 4.69) is 10.6 Å². The molecule has 0 unspecified atom stereocenters. The van der Waals surface area contributed by atoms with Crippen LogP contribution in [0.3, 0.4) is 0 Å². The molecule has 0 aliphatic carbocycles. The highest BCUT2D eigenvalue weighted by Gasteiger charge is 2.15. The Bertz CT molecular complexity index is 738. The molecule has 0 spiro atoms. The summed E-state index contributed by atoms with van der Waals surface area (Å²) in [5, 5.41) is 15.1. The van der Waals surface area contributed by atoms with Crippen LogP contribution in [0.5, 0.6) is 11.5 Å². The van der Waals surface area contributed by atoms with Crippen molar-refractivity contribution in [2.45, 2.75) is 12.6 Å². The first-order valence-electron chi connectivity index (χ1n) is 7.46. The molecular weight excluding hydrogens is 315 g/mol. The van der Waals surface area contributed by atoms with E-state index in [1.165, 1.54) is 18.2 Å². The van der Waals surface area contributed by atoms with E-state index in [0.717, 1.165) is 5.56 Å². The summed E-state index contributed by atoms with van der Waals surface area (Å²) in [6, 6.07) is 10.8. The molecule has 1 atom stereocenters. The summed E-state index contributed by atoms with van der Waals surface area (Å²) in [5.41, 5.74) is 0.998. The zero-order valence-electron chi connectivity index (χ0n) is 12.8. The van der Waals surface area contributed by atoms with Crippen LogP contribution in [0.2, 0.25) is 0 Å². The van der Waals surface area contributed by atoms with Crippen LogP contribution in [-0.4, -0.2) is 24.5 Å². The fraction of sp³-hybridized carbons (Fsp3) is 0.235. The van der Waals surface area contributed by atoms with Gasteiger partial charge in [0.25, 0.3) is 0 Å². The molecule has 3 rings (SSSR count). The molecule has 1 aliphatic heterocycles. The quantitative estimate of drug-likeness (QED) is 0.783. The van der Waals surface area contributed by atoms with E-state index in [0.29, 0.717) is 11.5 Å². The van der Waals surface area contributed by atoms with Crippen molar-refractivity contribution < 1.29 is 23.8 Å². The van der Waals surface area contributed by atoms with Crippen LogP contribution < -0.4 is 20.1 Å². The van der Waals surface area contributed by atoms with Gasteiger partial charge in [0, 0.05) is 18.7 Å². The SMILES string of the molecule is O=C(NCc1ccc2c(c1)OCO2)NC[C@@H](O)c1ccccc1F. The zero-order valence-corrected chi connectivity index (χ0v) is 12.8. The molecule has 0 saturated heterocycles. The molecule has 0 saturated carbocycles. The number of carbonyl (C=O) groups is 1. The van der Waals surface area contributed by atoms with E-state index in [1.54, 1.807) is 18.2 Å². The Labute approximate surface area is 138 Å². The number of halogens is 1. The molecule has 1 aliphatic rings. The molecule has 2 aromatic rings. The van der Waals surface area contributed by atoms with Gasteiger partial charge in [-0.05, 0) is 23.8 Å². The Kier molecular flexibility index (Phi) is 4.81. The highest BCUT2D eigenvalue weighted by atomic mass is 19.1. The summed E-state index contributed by atoms with van der Waals surface area (Å²) < 4.78 is 24.0. The number of urea groups is 1. The second-order valence-corrected chi connectivity index (χ2v) is 5.29. The highest BCUT2D eigenvalue weighted by molar-refractivity contribution is 5.73. The van der Waals surface area contributed by atoms with E-state index < -0.39 is 18.0 Å². The highest BCUT2D eigenvalue weighted by Crippen LogP contribution is 2.32. The molecule has 3 N–H and O–H groups in total. The lowest BCUT2D eigenvalue weighted by molar-refractivity contribution is 0.169. The minimum absolute atomic E-state index is 0.0894. The minimum Gasteiger partial charge on any atom is -0.454 e. The zero-order chi connectivity index (χ0) is 16.9. The Morgan fingerprint density at radius 2 is 1.96 bits per heavy atom. The van der Waals surface area contributed by atoms with Gasteiger partial charge in [-0.25, -0.2) is 9.18 Å². The van der Waals surface area contributed by atoms with Crippen LogP contribution in [0.1, 0.15) is 17.2 Å². The summed E-state index contributed by atoms with van der Waals surface area (Å²) in [7, 11) is 0. The number of hydrogen-bond acceptors (Lipinski definition) is 4. The summed E-state index contributed by atoms with van der Waals surface area (Å²) in [6.45, 7) is 0.396. The van der Waals surface area contributed by atoms with E-state index in [-0.39, 0.29) is 25.4 Å². The van der Waals surface area contributed by atoms with Crippen LogP contribution >= 0.6 is 0 Å². The first-order valence-corrected chi connectivity index (χ1v) is 7.46. The van der Waals surface area contributed by atoms with Gasteiger partial charge in [-0.1, -0.05) is 24.3 Å². The van der Waals surface area contributed by atoms with Gasteiger partial charge in [-0.15, -0.1) is 0 Å². The maximum absolute atomic E-state index is 13.5. The third kappa shape index (κ3) is 3.75. The molecule has 0 fully saturated rings. The first kappa shape index (κ1) is 16.1. The number of carbonyl (C=O) groups excluding carboxylic acids is 1. The van der Waals surface area contributed by atoms with Crippen molar-refractivity contribution in [1.29, 1.82) is 0 Å². The lowest BCUT2D eigenvalue weighted by Crippen LogP contribution is -2.37. The lowest BCUT2D eigenvalue weighted by atomic mass is 10.1. The molecule has 1 heterocycles. The van der Waals surface area contributed by atoms with E-state index in [9.17, 15) is 14.3 Å². The summed E-state index contributed by atoms with van der Waals surface area (Å²) in [6.07, 6.45) is -1.11. The second kappa shape index (κ2) is 7.18. The molecule has 24 heavy (non-hydrogen) atoms. The van der Waals surface area contributed by atoms with Crippen molar-refractivity contribution >= 4 is 6.03 Å². The molecule has 2 aromatic carbocycles. The molecule has 0 aromatic heterocycles. The van der Waals surface area contributed by atoms with Gasteiger partial charge in [-0.3, -0.25) is 0 Å². The average Bonchev–Trinajstić information content (AvgIpc) is 3.06. The van der Waals surface area contributed by atoms with Crippen molar-refractivity contribution in [2.75, 3.05) is 13.3 Å². The normalized spacial score (nSPS) is 13.4. The van der Waals surface area contributed by atoms with Crippen LogP contribution in [0.25, 0.3) is 0 Å². The number of rotatable bonds is 5. The predicted octanol–water partition coefficient (Wildman–Crippen LogP) is 2.09. The van der Waals surface area contributed by atoms with Crippen molar-refractivity contribution in [1.82, 2.24) is 10.6 Å². The summed E-state index contributed by atoms with van der Waals surface area (Å²) >= 11 is 0. The number of aliphatic hydroxyl groups is 1. The van der Waals surface area contributed by atoms with Crippen molar-refractivity contribution in [3.8, 4) is 11.5 Å². The van der Waals surface area contributed by atoms with Gasteiger partial charge in [0.05, 0.1) is 6.10 Å². The van der Waals surface area contributed by atoms with Crippen LogP contribution in [0.4, 0.5) is 9.18 Å². The third-order valence-electron chi connectivity index (χ3n) is 3.61. The van der Waals surface area contributed by atoms with E-state index in [1.807, 2.05) is 6.07 Å². The molecule has 7 heteroatoms. The number of amides is 2. The summed E-state index contributed by atoms with van der Waals surface area (Å²) in [5.74, 6) is 0.813. The Hall–Kier alpha value is -2.80. The maximum Gasteiger partial charge on any atom is 0.315 e. The summed E-state index contributed by atoms with van der Waals surface area (Å²) in [4.78, 5) is 11.8. The standard InChI is InChI=1S/C17H17FN2O4/c18-13-4-2-1-3-12(13)14(21)9-20-17(22)19-8-11-5-6-15-16(7-11)24-10-23-15/h1-7,14,21H,8-10H2,(H2,19,20,22)/t14-/m1/s1. The fourth-order valence-electron chi connectivity index (χ4n) is 2.34. The second-order valence-electron chi connectivity index (χ2n) is 5.29. The Morgan fingerprint density at radius 1 is 1.17 bits per heavy atom. The Morgan fingerprint density at radius 3 is 2.79 bits per heavy atom. The molecule has 0 bridgehead atoms. The fourth-order valence-corrected chi connectivity index (χ4v) is 2.34. The average molecular weight is 332 g/mol. The molecule has 126 valence electrons. The van der Waals surface area contributed by atoms with E-state index >= 15 is 0 Å². The molecule has 0 radical (unpaired) electrons. The largest absolute Gasteiger partial charge is 0.454 e. The smallest absolute Gasteiger partial charge is 0.315 e. The van der Waals surface area contributed by atoms with Gasteiger partial charge in [-0.2, -0.15) is 0 Å². The number of fused-ring (bicyclic) bond motifs is 1. The minimum atomic E-state index is -1.11. The van der Waals surface area contributed by atoms with Crippen molar-refractivity contribution in [2.24, 2.45) is 0 Å². The monoisotopic (exact) mass is 332 g/mol. The van der Waals surface area contributed by atoms with Gasteiger partial charge in [0.15, 0.2) is 11.5 Å². The number of hydrogen-bond donors (Lipinski definition) is 3. The molecular formula is C17H17FN2O4. The van der Waals surface area contributed by atoms with Gasteiger partial charge in [0.1, 0.15) is 5.82 Å².